The first kappa shape index (κ1) is 11.3. The third-order valence-corrected chi connectivity index (χ3v) is 2.21. The Morgan fingerprint density at radius 1 is 1.47 bits per heavy atom. The van der Waals surface area contributed by atoms with Crippen molar-refractivity contribution < 1.29 is 13.9 Å². The molecule has 0 aliphatic heterocycles. The summed E-state index contributed by atoms with van der Waals surface area (Å²) >= 11 is 0. The number of hydrogen-bond donors (Lipinski definition) is 0. The number of aromatic nitrogens is 1. The molecule has 2 aromatic heterocycles. The van der Waals surface area contributed by atoms with Crippen molar-refractivity contribution in [1.82, 2.24) is 4.98 Å². The van der Waals surface area contributed by atoms with Gasteiger partial charge in [0, 0.05) is 17.5 Å². The molecule has 88 valence electrons. The second-order valence-corrected chi connectivity index (χ2v) is 3.74. The molecule has 0 aliphatic carbocycles. The maximum atomic E-state index is 11.2. The number of hydrogen-bond acceptors (Lipinski definition) is 5. The van der Waals surface area contributed by atoms with E-state index in [1.807, 2.05) is 0 Å². The summed E-state index contributed by atoms with van der Waals surface area (Å²) in [5.41, 5.74) is 0.559. The first-order valence-corrected chi connectivity index (χ1v) is 5.10. The summed E-state index contributed by atoms with van der Waals surface area (Å²) < 4.78 is 10.1. The number of ether oxygens (including phenoxy) is 1. The monoisotopic (exact) mass is 233 g/mol. The fraction of sp³-hybridized carbons (Fsp3) is 0.250. The molecule has 0 atom stereocenters. The lowest BCUT2D eigenvalue weighted by Gasteiger charge is -2.04. The van der Waals surface area contributed by atoms with Gasteiger partial charge in [0.25, 0.3) is 0 Å². The Bertz CT molecular complexity index is 630. The molecule has 0 amide bonds. The zero-order chi connectivity index (χ0) is 12.4. The fourth-order valence-corrected chi connectivity index (χ4v) is 1.44. The van der Waals surface area contributed by atoms with Gasteiger partial charge in [0.15, 0.2) is 5.78 Å². The van der Waals surface area contributed by atoms with E-state index in [1.165, 1.54) is 13.0 Å². The summed E-state index contributed by atoms with van der Waals surface area (Å²) in [4.78, 5) is 26.0. The molecule has 5 nitrogen and oxygen atoms in total. The molecule has 0 aromatic carbocycles. The topological polar surface area (TPSA) is 69.4 Å². The Balaban J connectivity index is 2.43. The highest BCUT2D eigenvalue weighted by molar-refractivity contribution is 5.78. The number of fused-ring (bicyclic) bond motifs is 1. The van der Waals surface area contributed by atoms with E-state index >= 15 is 0 Å². The lowest BCUT2D eigenvalue weighted by atomic mass is 10.2. The van der Waals surface area contributed by atoms with Gasteiger partial charge in [-0.3, -0.25) is 4.79 Å². The number of carbonyl (C=O) groups is 1. The highest BCUT2D eigenvalue weighted by Crippen LogP contribution is 2.18. The summed E-state index contributed by atoms with van der Waals surface area (Å²) in [6.07, 6.45) is 0. The van der Waals surface area contributed by atoms with Crippen LogP contribution in [0.25, 0.3) is 11.1 Å². The van der Waals surface area contributed by atoms with Gasteiger partial charge in [0.05, 0.1) is 0 Å². The standard InChI is InChI=1S/C12H11NO4/c1-7-5-11(15)17-12-9(7)3-4-10(13-12)16-6-8(2)14/h3-5H,6H2,1-2H3. The van der Waals surface area contributed by atoms with Crippen LogP contribution in [0.3, 0.4) is 0 Å². The minimum Gasteiger partial charge on any atom is -0.470 e. The van der Waals surface area contributed by atoms with Crippen molar-refractivity contribution in [2.75, 3.05) is 6.61 Å². The van der Waals surface area contributed by atoms with E-state index in [2.05, 4.69) is 4.98 Å². The fourth-order valence-electron chi connectivity index (χ4n) is 1.44. The largest absolute Gasteiger partial charge is 0.470 e. The average molecular weight is 233 g/mol. The third-order valence-electron chi connectivity index (χ3n) is 2.21. The van der Waals surface area contributed by atoms with Crippen molar-refractivity contribution in [3.05, 3.63) is 34.2 Å². The number of nitrogens with zero attached hydrogens (tertiary/aromatic N) is 1. The molecule has 2 aromatic rings. The predicted octanol–water partition coefficient (Wildman–Crippen LogP) is 1.46. The lowest BCUT2D eigenvalue weighted by Crippen LogP contribution is -2.08. The molecule has 0 fully saturated rings. The van der Waals surface area contributed by atoms with Crippen LogP contribution in [-0.2, 0) is 4.79 Å². The van der Waals surface area contributed by atoms with E-state index < -0.39 is 5.63 Å². The van der Waals surface area contributed by atoms with E-state index in [0.29, 0.717) is 0 Å². The smallest absolute Gasteiger partial charge is 0.337 e. The van der Waals surface area contributed by atoms with Crippen LogP contribution < -0.4 is 10.4 Å². The van der Waals surface area contributed by atoms with Crippen molar-refractivity contribution in [3.8, 4) is 5.88 Å². The third kappa shape index (κ3) is 2.50. The summed E-state index contributed by atoms with van der Waals surface area (Å²) in [7, 11) is 0. The predicted molar refractivity (Wildman–Crippen MR) is 61.2 cm³/mol. The zero-order valence-corrected chi connectivity index (χ0v) is 9.52. The summed E-state index contributed by atoms with van der Waals surface area (Å²) in [6.45, 7) is 3.18. The molecule has 0 aliphatic rings. The van der Waals surface area contributed by atoms with Gasteiger partial charge in [-0.2, -0.15) is 4.98 Å². The van der Waals surface area contributed by atoms with Crippen LogP contribution in [0.5, 0.6) is 5.88 Å². The van der Waals surface area contributed by atoms with Crippen LogP contribution in [0.4, 0.5) is 0 Å². The molecule has 5 heteroatoms. The second-order valence-electron chi connectivity index (χ2n) is 3.74. The van der Waals surface area contributed by atoms with Crippen LogP contribution in [0.1, 0.15) is 12.5 Å². The van der Waals surface area contributed by atoms with E-state index in [9.17, 15) is 9.59 Å². The average Bonchev–Trinajstić information content (AvgIpc) is 2.25. The van der Waals surface area contributed by atoms with Gasteiger partial charge >= 0.3 is 5.63 Å². The van der Waals surface area contributed by atoms with Gasteiger partial charge in [0.2, 0.25) is 11.6 Å². The first-order valence-electron chi connectivity index (χ1n) is 5.10. The lowest BCUT2D eigenvalue weighted by molar-refractivity contribution is -0.119. The molecule has 0 spiro atoms. The molecular formula is C12H11NO4. The maximum Gasteiger partial charge on any atom is 0.337 e. The van der Waals surface area contributed by atoms with Gasteiger partial charge in [-0.15, -0.1) is 0 Å². The van der Waals surface area contributed by atoms with E-state index in [0.717, 1.165) is 10.9 Å². The van der Waals surface area contributed by atoms with Crippen LogP contribution >= 0.6 is 0 Å². The molecule has 0 radical (unpaired) electrons. The Labute approximate surface area is 97.0 Å². The molecule has 0 N–H and O–H groups in total. The number of pyridine rings is 1. The Hall–Kier alpha value is -2.17. The van der Waals surface area contributed by atoms with Crippen LogP contribution in [0, 0.1) is 6.92 Å². The molecule has 0 saturated carbocycles. The van der Waals surface area contributed by atoms with Crippen molar-refractivity contribution in [3.63, 3.8) is 0 Å². The van der Waals surface area contributed by atoms with Gasteiger partial charge in [-0.1, -0.05) is 0 Å². The van der Waals surface area contributed by atoms with Gasteiger partial charge in [-0.05, 0) is 25.5 Å². The highest BCUT2D eigenvalue weighted by Gasteiger charge is 2.06. The first-order chi connectivity index (χ1) is 8.06. The van der Waals surface area contributed by atoms with Crippen molar-refractivity contribution in [2.45, 2.75) is 13.8 Å². The van der Waals surface area contributed by atoms with E-state index in [4.69, 9.17) is 9.15 Å². The highest BCUT2D eigenvalue weighted by atomic mass is 16.5. The SMILES string of the molecule is CC(=O)COc1ccc2c(C)cc(=O)oc2n1. The van der Waals surface area contributed by atoms with Crippen LogP contribution in [0.15, 0.2) is 27.4 Å². The van der Waals surface area contributed by atoms with E-state index in [-0.39, 0.29) is 24.0 Å². The normalized spacial score (nSPS) is 10.5. The molecule has 0 bridgehead atoms. The minimum absolute atomic E-state index is 0.0471. The zero-order valence-electron chi connectivity index (χ0n) is 9.52. The number of rotatable bonds is 3. The van der Waals surface area contributed by atoms with E-state index in [1.54, 1.807) is 19.1 Å². The van der Waals surface area contributed by atoms with Crippen molar-refractivity contribution in [1.29, 1.82) is 0 Å². The molecule has 2 rings (SSSR count). The molecular weight excluding hydrogens is 222 g/mol. The quantitative estimate of drug-likeness (QED) is 0.802. The van der Waals surface area contributed by atoms with Gasteiger partial charge in [0.1, 0.15) is 6.61 Å². The van der Waals surface area contributed by atoms with Crippen LogP contribution in [0.2, 0.25) is 0 Å². The summed E-state index contributed by atoms with van der Waals surface area (Å²) in [5.74, 6) is 0.166. The Kier molecular flexibility index (Phi) is 2.91. The minimum atomic E-state index is -0.453. The van der Waals surface area contributed by atoms with Gasteiger partial charge in [-0.25, -0.2) is 4.79 Å². The number of aryl methyl sites for hydroxylation is 1. The van der Waals surface area contributed by atoms with Crippen LogP contribution in [-0.4, -0.2) is 17.4 Å². The van der Waals surface area contributed by atoms with Crippen molar-refractivity contribution >= 4 is 16.9 Å². The number of Topliss-reactive ketones (excluding diaryl/α,β-unsaturated/α-hetero) is 1. The Morgan fingerprint density at radius 3 is 2.94 bits per heavy atom. The summed E-state index contributed by atoms with van der Waals surface area (Å²) in [5, 5.41) is 0.750. The summed E-state index contributed by atoms with van der Waals surface area (Å²) in [6, 6.07) is 4.79. The molecule has 0 saturated heterocycles. The number of carbonyl (C=O) groups excluding carboxylic acids is 1. The maximum absolute atomic E-state index is 11.2. The second kappa shape index (κ2) is 4.37. The molecule has 17 heavy (non-hydrogen) atoms. The van der Waals surface area contributed by atoms with Gasteiger partial charge < -0.3 is 9.15 Å². The molecule has 0 unspecified atom stereocenters. The number of ketones is 1. The molecule has 2 heterocycles. The Morgan fingerprint density at radius 2 is 2.24 bits per heavy atom. The van der Waals surface area contributed by atoms with Crippen molar-refractivity contribution in [2.24, 2.45) is 0 Å².